The number of allylic oxidation sites excluding steroid dienone is 2. The fourth-order valence-electron chi connectivity index (χ4n) is 0.959. The molecule has 0 bridgehead atoms. The maximum absolute atomic E-state index is 9.89. The van der Waals surface area contributed by atoms with Gasteiger partial charge < -0.3 is 4.79 Å². The molecule has 64 valence electrons. The Morgan fingerprint density at radius 1 is 1.09 bits per heavy atom. The lowest BCUT2D eigenvalue weighted by atomic mass is 10.1. The second-order valence-corrected chi connectivity index (χ2v) is 2.72. The third kappa shape index (κ3) is 9.41. The number of hydrogen-bond donors (Lipinski definition) is 0. The predicted octanol–water partition coefficient (Wildman–Crippen LogP) is 3.10. The van der Waals surface area contributed by atoms with Gasteiger partial charge in [0, 0.05) is 6.42 Å². The average Bonchev–Trinajstić information content (AvgIpc) is 2.03. The molecule has 0 fully saturated rings. The van der Waals surface area contributed by atoms with E-state index >= 15 is 0 Å². The van der Waals surface area contributed by atoms with Crippen molar-refractivity contribution >= 4 is 6.29 Å². The Balaban J connectivity index is 2.94. The van der Waals surface area contributed by atoms with Crippen LogP contribution >= 0.6 is 0 Å². The Hall–Kier alpha value is -0.590. The van der Waals surface area contributed by atoms with E-state index < -0.39 is 0 Å². The van der Waals surface area contributed by atoms with Crippen molar-refractivity contribution in [1.82, 2.24) is 0 Å². The van der Waals surface area contributed by atoms with Gasteiger partial charge in [-0.25, -0.2) is 0 Å². The highest BCUT2D eigenvalue weighted by Gasteiger charge is 1.83. The van der Waals surface area contributed by atoms with E-state index in [4.69, 9.17) is 0 Å². The number of aldehydes is 1. The summed E-state index contributed by atoms with van der Waals surface area (Å²) in [5.41, 5.74) is 0. The SMILES string of the molecule is CCCCCC/C=C\CC=O. The highest BCUT2D eigenvalue weighted by molar-refractivity contribution is 5.51. The number of rotatable bonds is 7. The largest absolute Gasteiger partial charge is 0.303 e. The third-order valence-corrected chi connectivity index (χ3v) is 1.62. The van der Waals surface area contributed by atoms with Crippen molar-refractivity contribution in [3.63, 3.8) is 0 Å². The quantitative estimate of drug-likeness (QED) is 0.313. The molecule has 0 aromatic carbocycles. The van der Waals surface area contributed by atoms with E-state index in [1.807, 2.05) is 6.08 Å². The van der Waals surface area contributed by atoms with Crippen molar-refractivity contribution in [3.8, 4) is 0 Å². The van der Waals surface area contributed by atoms with E-state index in [0.29, 0.717) is 6.42 Å². The van der Waals surface area contributed by atoms with Crippen molar-refractivity contribution in [2.45, 2.75) is 45.4 Å². The van der Waals surface area contributed by atoms with Crippen LogP contribution in [0.1, 0.15) is 45.4 Å². The summed E-state index contributed by atoms with van der Waals surface area (Å²) in [5.74, 6) is 0. The topological polar surface area (TPSA) is 17.1 Å². The molecule has 0 amide bonds. The molecular weight excluding hydrogens is 136 g/mol. The van der Waals surface area contributed by atoms with E-state index in [1.54, 1.807) is 0 Å². The van der Waals surface area contributed by atoms with Crippen LogP contribution in [0.3, 0.4) is 0 Å². The molecule has 0 heterocycles. The van der Waals surface area contributed by atoms with Crippen molar-refractivity contribution < 1.29 is 4.79 Å². The zero-order valence-corrected chi connectivity index (χ0v) is 7.38. The lowest BCUT2D eigenvalue weighted by Gasteiger charge is -1.92. The second kappa shape index (κ2) is 9.41. The normalized spacial score (nSPS) is 10.6. The van der Waals surface area contributed by atoms with Crippen LogP contribution in [0, 0.1) is 0 Å². The minimum absolute atomic E-state index is 0.577. The summed E-state index contributed by atoms with van der Waals surface area (Å²) in [6.07, 6.45) is 11.9. The Labute approximate surface area is 69.5 Å². The van der Waals surface area contributed by atoms with Gasteiger partial charge in [-0.2, -0.15) is 0 Å². The Bertz CT molecular complexity index is 105. The maximum atomic E-state index is 9.89. The van der Waals surface area contributed by atoms with E-state index in [9.17, 15) is 4.79 Å². The Morgan fingerprint density at radius 3 is 2.55 bits per heavy atom. The van der Waals surface area contributed by atoms with Gasteiger partial charge in [0.2, 0.25) is 0 Å². The first-order valence-corrected chi connectivity index (χ1v) is 4.50. The van der Waals surface area contributed by atoms with Gasteiger partial charge in [-0.1, -0.05) is 38.3 Å². The average molecular weight is 154 g/mol. The molecule has 0 radical (unpaired) electrons. The van der Waals surface area contributed by atoms with Crippen molar-refractivity contribution in [1.29, 1.82) is 0 Å². The summed E-state index contributed by atoms with van der Waals surface area (Å²) in [6, 6.07) is 0. The van der Waals surface area contributed by atoms with Crippen molar-refractivity contribution in [3.05, 3.63) is 12.2 Å². The van der Waals surface area contributed by atoms with E-state index in [0.717, 1.165) is 12.7 Å². The van der Waals surface area contributed by atoms with E-state index in [-0.39, 0.29) is 0 Å². The zero-order chi connectivity index (χ0) is 8.36. The van der Waals surface area contributed by atoms with Crippen LogP contribution in [0.2, 0.25) is 0 Å². The summed E-state index contributed by atoms with van der Waals surface area (Å²) in [6.45, 7) is 2.21. The molecule has 11 heavy (non-hydrogen) atoms. The fourth-order valence-corrected chi connectivity index (χ4v) is 0.959. The lowest BCUT2D eigenvalue weighted by molar-refractivity contribution is -0.107. The highest BCUT2D eigenvalue weighted by Crippen LogP contribution is 2.02. The van der Waals surface area contributed by atoms with Crippen LogP contribution in [0.4, 0.5) is 0 Å². The molecule has 0 rings (SSSR count). The van der Waals surface area contributed by atoms with Crippen LogP contribution in [0.25, 0.3) is 0 Å². The Kier molecular flexibility index (Phi) is 8.91. The first-order valence-electron chi connectivity index (χ1n) is 4.50. The molecule has 0 N–H and O–H groups in total. The van der Waals surface area contributed by atoms with Gasteiger partial charge in [-0.3, -0.25) is 0 Å². The van der Waals surface area contributed by atoms with E-state index in [1.165, 1.54) is 25.7 Å². The summed E-state index contributed by atoms with van der Waals surface area (Å²) >= 11 is 0. The summed E-state index contributed by atoms with van der Waals surface area (Å²) in [5, 5.41) is 0. The van der Waals surface area contributed by atoms with Crippen LogP contribution in [0.15, 0.2) is 12.2 Å². The molecule has 0 aromatic heterocycles. The van der Waals surface area contributed by atoms with Crippen LogP contribution in [-0.4, -0.2) is 6.29 Å². The van der Waals surface area contributed by atoms with Crippen LogP contribution in [-0.2, 0) is 4.79 Å². The third-order valence-electron chi connectivity index (χ3n) is 1.62. The van der Waals surface area contributed by atoms with Gasteiger partial charge in [0.1, 0.15) is 6.29 Å². The molecule has 0 saturated carbocycles. The van der Waals surface area contributed by atoms with E-state index in [2.05, 4.69) is 13.0 Å². The lowest BCUT2D eigenvalue weighted by Crippen LogP contribution is -1.74. The first kappa shape index (κ1) is 10.4. The molecule has 0 aliphatic carbocycles. The van der Waals surface area contributed by atoms with Gasteiger partial charge in [0.05, 0.1) is 0 Å². The minimum Gasteiger partial charge on any atom is -0.303 e. The molecule has 0 saturated heterocycles. The van der Waals surface area contributed by atoms with Crippen molar-refractivity contribution in [2.75, 3.05) is 0 Å². The minimum atomic E-state index is 0.577. The van der Waals surface area contributed by atoms with Crippen LogP contribution < -0.4 is 0 Å². The van der Waals surface area contributed by atoms with Gasteiger partial charge in [-0.15, -0.1) is 0 Å². The first-order chi connectivity index (χ1) is 5.41. The molecule has 0 atom stereocenters. The predicted molar refractivity (Wildman–Crippen MR) is 48.6 cm³/mol. The Morgan fingerprint density at radius 2 is 1.91 bits per heavy atom. The number of carbonyl (C=O) groups is 1. The fraction of sp³-hybridized carbons (Fsp3) is 0.700. The molecular formula is C10H18O. The summed E-state index contributed by atoms with van der Waals surface area (Å²) in [7, 11) is 0. The standard InChI is InChI=1S/C10H18O/c1-2-3-4-5-6-7-8-9-10-11/h7-8,10H,2-6,9H2,1H3/b8-7-. The van der Waals surface area contributed by atoms with Crippen molar-refractivity contribution in [2.24, 2.45) is 0 Å². The molecule has 1 heteroatoms. The highest BCUT2D eigenvalue weighted by atomic mass is 16.1. The molecule has 0 unspecified atom stereocenters. The molecule has 0 aromatic rings. The summed E-state index contributed by atoms with van der Waals surface area (Å²) in [4.78, 5) is 9.89. The van der Waals surface area contributed by atoms with Gasteiger partial charge >= 0.3 is 0 Å². The summed E-state index contributed by atoms with van der Waals surface area (Å²) < 4.78 is 0. The number of carbonyl (C=O) groups excluding carboxylic acids is 1. The van der Waals surface area contributed by atoms with Gasteiger partial charge in [-0.05, 0) is 12.8 Å². The number of unbranched alkanes of at least 4 members (excludes halogenated alkanes) is 4. The molecule has 1 nitrogen and oxygen atoms in total. The maximum Gasteiger partial charge on any atom is 0.123 e. The van der Waals surface area contributed by atoms with Crippen LogP contribution in [0.5, 0.6) is 0 Å². The molecule has 0 aliphatic rings. The smallest absolute Gasteiger partial charge is 0.123 e. The number of hydrogen-bond acceptors (Lipinski definition) is 1. The second-order valence-electron chi connectivity index (χ2n) is 2.72. The van der Waals surface area contributed by atoms with Gasteiger partial charge in [0.15, 0.2) is 0 Å². The van der Waals surface area contributed by atoms with Gasteiger partial charge in [0.25, 0.3) is 0 Å². The molecule has 0 aliphatic heterocycles. The zero-order valence-electron chi connectivity index (χ0n) is 7.38. The monoisotopic (exact) mass is 154 g/mol. The molecule has 0 spiro atoms.